The molecule has 0 radical (unpaired) electrons. The fourth-order valence-corrected chi connectivity index (χ4v) is 6.64. The summed E-state index contributed by atoms with van der Waals surface area (Å²) in [6, 6.07) is 0. The van der Waals surface area contributed by atoms with E-state index in [2.05, 4.69) is 81.5 Å². The maximum absolute atomic E-state index is 12.8. The van der Waals surface area contributed by atoms with Gasteiger partial charge in [0.05, 0.1) is 0 Å². The van der Waals surface area contributed by atoms with E-state index in [1.807, 2.05) is 0 Å². The van der Waals surface area contributed by atoms with Gasteiger partial charge in [0.25, 0.3) is 0 Å². The normalized spacial score (nSPS) is 12.5. The third kappa shape index (κ3) is 46.0. The van der Waals surface area contributed by atoms with E-state index in [9.17, 15) is 14.4 Å². The maximum atomic E-state index is 12.8. The molecule has 0 fully saturated rings. The van der Waals surface area contributed by atoms with Crippen LogP contribution in [0.2, 0.25) is 0 Å². The number of carbonyl (C=O) groups is 3. The van der Waals surface area contributed by atoms with Crippen LogP contribution in [0.1, 0.15) is 239 Å². The molecular formula is C53H92O6. The molecule has 0 N–H and O–H groups in total. The number of hydrogen-bond donors (Lipinski definition) is 0. The van der Waals surface area contributed by atoms with Gasteiger partial charge in [0.1, 0.15) is 13.2 Å². The van der Waals surface area contributed by atoms with E-state index in [0.717, 1.165) is 109 Å². The molecule has 6 nitrogen and oxygen atoms in total. The Morgan fingerprint density at radius 3 is 1.00 bits per heavy atom. The van der Waals surface area contributed by atoms with Crippen molar-refractivity contribution in [2.45, 2.75) is 245 Å². The van der Waals surface area contributed by atoms with Gasteiger partial charge in [-0.25, -0.2) is 0 Å². The predicted octanol–water partition coefficient (Wildman–Crippen LogP) is 16.1. The Hall–Kier alpha value is -2.89. The van der Waals surface area contributed by atoms with Gasteiger partial charge in [0.15, 0.2) is 6.10 Å². The van der Waals surface area contributed by atoms with Crippen molar-refractivity contribution in [2.75, 3.05) is 13.2 Å². The zero-order chi connectivity index (χ0) is 43.0. The number of unbranched alkanes of at least 4 members (excludes halogenated alkanes) is 23. The molecule has 0 heterocycles. The molecule has 0 saturated carbocycles. The molecule has 0 aromatic rings. The lowest BCUT2D eigenvalue weighted by molar-refractivity contribution is -0.167. The van der Waals surface area contributed by atoms with Crippen LogP contribution in [0.5, 0.6) is 0 Å². The molecule has 6 heteroatoms. The predicted molar refractivity (Wildman–Crippen MR) is 251 cm³/mol. The average molecular weight is 825 g/mol. The van der Waals surface area contributed by atoms with Gasteiger partial charge in [0.2, 0.25) is 0 Å². The first-order valence-electron chi connectivity index (χ1n) is 24.8. The average Bonchev–Trinajstić information content (AvgIpc) is 3.23. The van der Waals surface area contributed by atoms with Crippen molar-refractivity contribution in [2.24, 2.45) is 0 Å². The molecule has 0 rings (SSSR count). The standard InChI is InChI=1S/C53H92O6/c1-4-7-10-13-16-19-22-25-28-31-34-37-40-43-46-52(55)58-49-50(48-57-51(54)45-42-39-36-33-30-27-24-21-18-15-12-9-6-3)59-53(56)47-44-41-38-35-32-29-26-23-20-17-14-11-8-5-2/h13-14,16-17,21-26,50H,4-12,15,18-20,27-49H2,1-3H3/b16-13-,17-14-,24-21-,25-22-,26-23-/t50-/m1/s1. The van der Waals surface area contributed by atoms with Crippen molar-refractivity contribution in [3.63, 3.8) is 0 Å². The minimum atomic E-state index is -0.789. The summed E-state index contributed by atoms with van der Waals surface area (Å²) < 4.78 is 16.7. The number of hydrogen-bond acceptors (Lipinski definition) is 6. The van der Waals surface area contributed by atoms with Crippen LogP contribution in [-0.2, 0) is 28.6 Å². The van der Waals surface area contributed by atoms with E-state index in [1.54, 1.807) is 0 Å². The Morgan fingerprint density at radius 2 is 0.627 bits per heavy atom. The van der Waals surface area contributed by atoms with Crippen LogP contribution in [0.3, 0.4) is 0 Å². The summed E-state index contributed by atoms with van der Waals surface area (Å²) in [5.74, 6) is -0.925. The molecule has 0 aliphatic heterocycles. The highest BCUT2D eigenvalue weighted by Gasteiger charge is 2.19. The lowest BCUT2D eigenvalue weighted by atomic mass is 10.1. The van der Waals surface area contributed by atoms with Crippen LogP contribution < -0.4 is 0 Å². The van der Waals surface area contributed by atoms with Crippen LogP contribution in [0.25, 0.3) is 0 Å². The molecule has 59 heavy (non-hydrogen) atoms. The summed E-state index contributed by atoms with van der Waals surface area (Å²) in [6.07, 6.45) is 57.6. The second kappa shape index (κ2) is 47.8. The molecule has 1 atom stereocenters. The Kier molecular flexibility index (Phi) is 45.4. The topological polar surface area (TPSA) is 78.9 Å². The van der Waals surface area contributed by atoms with Crippen molar-refractivity contribution in [1.29, 1.82) is 0 Å². The fourth-order valence-electron chi connectivity index (χ4n) is 6.64. The molecule has 0 unspecified atom stereocenters. The van der Waals surface area contributed by atoms with E-state index in [4.69, 9.17) is 14.2 Å². The highest BCUT2D eigenvalue weighted by molar-refractivity contribution is 5.71. The van der Waals surface area contributed by atoms with Crippen molar-refractivity contribution >= 4 is 17.9 Å². The number of rotatable bonds is 44. The van der Waals surface area contributed by atoms with Crippen LogP contribution in [0, 0.1) is 0 Å². The molecule has 0 saturated heterocycles. The van der Waals surface area contributed by atoms with Gasteiger partial charge in [0, 0.05) is 19.3 Å². The van der Waals surface area contributed by atoms with Crippen molar-refractivity contribution < 1.29 is 28.6 Å². The number of esters is 3. The Labute approximate surface area is 364 Å². The quantitative estimate of drug-likeness (QED) is 0.0263. The summed E-state index contributed by atoms with van der Waals surface area (Å²) in [5, 5.41) is 0. The van der Waals surface area contributed by atoms with E-state index in [-0.39, 0.29) is 31.1 Å². The lowest BCUT2D eigenvalue weighted by Crippen LogP contribution is -2.30. The molecular weight excluding hydrogens is 733 g/mol. The second-order valence-corrected chi connectivity index (χ2v) is 16.4. The first kappa shape index (κ1) is 56.1. The largest absolute Gasteiger partial charge is 0.462 e. The van der Waals surface area contributed by atoms with Gasteiger partial charge in [-0.15, -0.1) is 0 Å². The molecule has 0 aliphatic rings. The molecule has 340 valence electrons. The Bertz CT molecular complexity index is 1090. The summed E-state index contributed by atoms with van der Waals surface area (Å²) in [6.45, 7) is 6.51. The van der Waals surface area contributed by atoms with E-state index in [1.165, 1.54) is 89.9 Å². The number of ether oxygens (including phenoxy) is 3. The van der Waals surface area contributed by atoms with E-state index in [0.29, 0.717) is 19.3 Å². The van der Waals surface area contributed by atoms with Gasteiger partial charge in [-0.05, 0) is 96.3 Å². The van der Waals surface area contributed by atoms with Gasteiger partial charge < -0.3 is 14.2 Å². The molecule has 0 aromatic carbocycles. The van der Waals surface area contributed by atoms with Crippen LogP contribution in [0.4, 0.5) is 0 Å². The van der Waals surface area contributed by atoms with Gasteiger partial charge >= 0.3 is 17.9 Å². The molecule has 0 aromatic heterocycles. The molecule has 0 bridgehead atoms. The van der Waals surface area contributed by atoms with E-state index < -0.39 is 6.10 Å². The Balaban J connectivity index is 4.44. The first-order valence-corrected chi connectivity index (χ1v) is 24.8. The molecule has 0 amide bonds. The molecule has 0 spiro atoms. The number of carbonyl (C=O) groups excluding carboxylic acids is 3. The lowest BCUT2D eigenvalue weighted by Gasteiger charge is -2.18. The van der Waals surface area contributed by atoms with Crippen LogP contribution >= 0.6 is 0 Å². The highest BCUT2D eigenvalue weighted by atomic mass is 16.6. The molecule has 0 aliphatic carbocycles. The minimum absolute atomic E-state index is 0.0890. The SMILES string of the molecule is CCCC/C=C\C/C=C\CCCCCCCC(=O)OC[C@@H](COC(=O)CCCCCCC/C=C\CCCCCC)OC(=O)CCCCCCC/C=C\C/C=C\CCCC. The van der Waals surface area contributed by atoms with Crippen molar-refractivity contribution in [3.8, 4) is 0 Å². The van der Waals surface area contributed by atoms with Crippen molar-refractivity contribution in [1.82, 2.24) is 0 Å². The zero-order valence-electron chi connectivity index (χ0n) is 38.8. The zero-order valence-corrected chi connectivity index (χ0v) is 38.8. The van der Waals surface area contributed by atoms with Crippen molar-refractivity contribution in [3.05, 3.63) is 60.8 Å². The monoisotopic (exact) mass is 825 g/mol. The smallest absolute Gasteiger partial charge is 0.306 e. The highest BCUT2D eigenvalue weighted by Crippen LogP contribution is 2.13. The van der Waals surface area contributed by atoms with Gasteiger partial charge in [-0.2, -0.15) is 0 Å². The van der Waals surface area contributed by atoms with E-state index >= 15 is 0 Å². The first-order chi connectivity index (χ1) is 29.0. The summed E-state index contributed by atoms with van der Waals surface area (Å²) >= 11 is 0. The fraction of sp³-hybridized carbons (Fsp3) is 0.755. The minimum Gasteiger partial charge on any atom is -0.462 e. The summed E-state index contributed by atoms with van der Waals surface area (Å²) in [5.41, 5.74) is 0. The second-order valence-electron chi connectivity index (χ2n) is 16.4. The summed E-state index contributed by atoms with van der Waals surface area (Å²) in [7, 11) is 0. The van der Waals surface area contributed by atoms with Gasteiger partial charge in [-0.1, -0.05) is 184 Å². The number of allylic oxidation sites excluding steroid dienone is 10. The van der Waals surface area contributed by atoms with Crippen LogP contribution in [0.15, 0.2) is 60.8 Å². The third-order valence-corrected chi connectivity index (χ3v) is 10.5. The van der Waals surface area contributed by atoms with Gasteiger partial charge in [-0.3, -0.25) is 14.4 Å². The third-order valence-electron chi connectivity index (χ3n) is 10.5. The Morgan fingerprint density at radius 1 is 0.339 bits per heavy atom. The maximum Gasteiger partial charge on any atom is 0.306 e. The summed E-state index contributed by atoms with van der Waals surface area (Å²) in [4.78, 5) is 37.9. The van der Waals surface area contributed by atoms with Crippen LogP contribution in [-0.4, -0.2) is 37.2 Å².